The van der Waals surface area contributed by atoms with E-state index in [0.717, 1.165) is 55.1 Å². The summed E-state index contributed by atoms with van der Waals surface area (Å²) in [4.78, 5) is 19.9. The summed E-state index contributed by atoms with van der Waals surface area (Å²) in [5, 5.41) is 0.677. The van der Waals surface area contributed by atoms with Crippen LogP contribution in [0.1, 0.15) is 5.56 Å². The fourth-order valence-corrected chi connectivity index (χ4v) is 5.09. The van der Waals surface area contributed by atoms with Crippen LogP contribution < -0.4 is 4.74 Å². The molecule has 0 spiro atoms. The van der Waals surface area contributed by atoms with E-state index in [1.54, 1.807) is 11.3 Å². The van der Waals surface area contributed by atoms with Crippen LogP contribution in [0.2, 0.25) is 0 Å². The van der Waals surface area contributed by atoms with Crippen LogP contribution in [0.25, 0.3) is 10.2 Å². The lowest BCUT2D eigenvalue weighted by Gasteiger charge is -2.19. The van der Waals surface area contributed by atoms with Gasteiger partial charge in [0.15, 0.2) is 0 Å². The monoisotopic (exact) mass is 379 g/mol. The first-order valence-corrected chi connectivity index (χ1v) is 10.1. The quantitative estimate of drug-likeness (QED) is 0.636. The van der Waals surface area contributed by atoms with E-state index in [1.165, 1.54) is 5.56 Å². The number of likely N-dealkylation sites (tertiary alicyclic amines) is 2. The molecular weight excluding hydrogens is 358 g/mol. The fourth-order valence-electron chi connectivity index (χ4n) is 4.26. The Morgan fingerprint density at radius 3 is 2.48 bits per heavy atom. The number of hydrogen-bond acceptors (Lipinski definition) is 5. The zero-order valence-corrected chi connectivity index (χ0v) is 15.8. The van der Waals surface area contributed by atoms with E-state index in [0.29, 0.717) is 17.0 Å². The standard InChI is InChI=1S/C21H21N3O2S/c25-14-24-12-16-10-23(11-17(16)13-24)9-15-5-7-18(8-6-15)26-21-22-19-3-1-2-4-20(19)27-21/h1-8,14,16-17H,9-13H2. The number of nitrogens with zero attached hydrogens (tertiary/aromatic N) is 3. The van der Waals surface area contributed by atoms with Gasteiger partial charge in [-0.1, -0.05) is 35.6 Å². The van der Waals surface area contributed by atoms with Gasteiger partial charge in [-0.05, 0) is 41.7 Å². The van der Waals surface area contributed by atoms with Crippen molar-refractivity contribution < 1.29 is 9.53 Å². The van der Waals surface area contributed by atoms with Crippen molar-refractivity contribution in [2.75, 3.05) is 26.2 Å². The third kappa shape index (κ3) is 3.42. The van der Waals surface area contributed by atoms with Crippen molar-refractivity contribution >= 4 is 28.0 Å². The van der Waals surface area contributed by atoms with Crippen molar-refractivity contribution in [2.45, 2.75) is 6.54 Å². The van der Waals surface area contributed by atoms with E-state index in [-0.39, 0.29) is 0 Å². The average molecular weight is 379 g/mol. The minimum absolute atomic E-state index is 0.636. The molecule has 2 unspecified atom stereocenters. The van der Waals surface area contributed by atoms with Crippen molar-refractivity contribution in [3.63, 3.8) is 0 Å². The van der Waals surface area contributed by atoms with Gasteiger partial charge >= 0.3 is 0 Å². The van der Waals surface area contributed by atoms with Gasteiger partial charge in [0.25, 0.3) is 5.19 Å². The molecule has 3 aromatic rings. The molecule has 5 nitrogen and oxygen atoms in total. The highest BCUT2D eigenvalue weighted by atomic mass is 32.1. The Morgan fingerprint density at radius 1 is 1.04 bits per heavy atom. The van der Waals surface area contributed by atoms with Gasteiger partial charge in [0.2, 0.25) is 6.41 Å². The van der Waals surface area contributed by atoms with Crippen LogP contribution >= 0.6 is 11.3 Å². The van der Waals surface area contributed by atoms with E-state index in [1.807, 2.05) is 35.2 Å². The van der Waals surface area contributed by atoms with E-state index in [2.05, 4.69) is 28.1 Å². The van der Waals surface area contributed by atoms with Crippen LogP contribution in [0.15, 0.2) is 48.5 Å². The van der Waals surface area contributed by atoms with Gasteiger partial charge in [0.1, 0.15) is 5.75 Å². The minimum atomic E-state index is 0.636. The van der Waals surface area contributed by atoms with Crippen LogP contribution in [0.3, 0.4) is 0 Å². The molecule has 0 saturated carbocycles. The summed E-state index contributed by atoms with van der Waals surface area (Å²) in [5.41, 5.74) is 2.26. The predicted octanol–water partition coefficient (Wildman–Crippen LogP) is 3.61. The molecule has 0 N–H and O–H groups in total. The van der Waals surface area contributed by atoms with Gasteiger partial charge in [-0.2, -0.15) is 0 Å². The van der Waals surface area contributed by atoms with Crippen LogP contribution in [0.4, 0.5) is 0 Å². The lowest BCUT2D eigenvalue weighted by molar-refractivity contribution is -0.117. The fraction of sp³-hybridized carbons (Fsp3) is 0.333. The van der Waals surface area contributed by atoms with Crippen molar-refractivity contribution in [3.8, 4) is 10.9 Å². The number of benzene rings is 2. The molecule has 2 aliphatic heterocycles. The van der Waals surface area contributed by atoms with E-state index >= 15 is 0 Å². The number of carbonyl (C=O) groups is 1. The number of amides is 1. The van der Waals surface area contributed by atoms with E-state index in [9.17, 15) is 4.79 Å². The SMILES string of the molecule is O=CN1CC2CN(Cc3ccc(Oc4nc5ccccc5s4)cc3)CC2C1. The maximum atomic E-state index is 10.9. The molecule has 1 amide bonds. The molecule has 0 radical (unpaired) electrons. The maximum Gasteiger partial charge on any atom is 0.279 e. The molecule has 6 heteroatoms. The Labute approximate surface area is 162 Å². The van der Waals surface area contributed by atoms with Gasteiger partial charge in [-0.15, -0.1) is 0 Å². The summed E-state index contributed by atoms with van der Waals surface area (Å²) in [5.74, 6) is 2.09. The highest BCUT2D eigenvalue weighted by molar-refractivity contribution is 7.20. The lowest BCUT2D eigenvalue weighted by atomic mass is 10.0. The van der Waals surface area contributed by atoms with Crippen molar-refractivity contribution in [3.05, 3.63) is 54.1 Å². The molecule has 1 aromatic heterocycles. The van der Waals surface area contributed by atoms with Crippen molar-refractivity contribution in [1.29, 1.82) is 0 Å². The first kappa shape index (κ1) is 16.7. The summed E-state index contributed by atoms with van der Waals surface area (Å²) in [6, 6.07) is 16.4. The van der Waals surface area contributed by atoms with Gasteiger partial charge in [0, 0.05) is 32.7 Å². The largest absolute Gasteiger partial charge is 0.431 e. The molecule has 5 rings (SSSR count). The molecule has 0 aliphatic carbocycles. The second kappa shape index (κ2) is 6.94. The number of carbonyl (C=O) groups excluding carboxylic acids is 1. The van der Waals surface area contributed by atoms with Gasteiger partial charge in [-0.25, -0.2) is 4.98 Å². The van der Waals surface area contributed by atoms with Gasteiger partial charge in [-0.3, -0.25) is 9.69 Å². The molecule has 2 saturated heterocycles. The number of rotatable bonds is 5. The van der Waals surface area contributed by atoms with E-state index < -0.39 is 0 Å². The smallest absolute Gasteiger partial charge is 0.279 e. The summed E-state index contributed by atoms with van der Waals surface area (Å²) in [7, 11) is 0. The lowest BCUT2D eigenvalue weighted by Crippen LogP contribution is -2.27. The average Bonchev–Trinajstić information content (AvgIpc) is 3.35. The zero-order chi connectivity index (χ0) is 18.2. The Balaban J connectivity index is 1.20. The number of para-hydroxylation sites is 1. The zero-order valence-electron chi connectivity index (χ0n) is 15.0. The summed E-state index contributed by atoms with van der Waals surface area (Å²) >= 11 is 1.56. The molecule has 3 heterocycles. The molecule has 2 fully saturated rings. The van der Waals surface area contributed by atoms with E-state index in [4.69, 9.17) is 4.74 Å². The molecular formula is C21H21N3O2S. The summed E-state index contributed by atoms with van der Waals surface area (Å²) < 4.78 is 7.06. The maximum absolute atomic E-state index is 10.9. The van der Waals surface area contributed by atoms with Gasteiger partial charge in [0.05, 0.1) is 10.2 Å². The number of hydrogen-bond donors (Lipinski definition) is 0. The van der Waals surface area contributed by atoms with Crippen LogP contribution in [-0.4, -0.2) is 47.4 Å². The normalized spacial score (nSPS) is 22.3. The van der Waals surface area contributed by atoms with Crippen molar-refractivity contribution in [2.24, 2.45) is 11.8 Å². The Hall–Kier alpha value is -2.44. The molecule has 2 atom stereocenters. The van der Waals surface area contributed by atoms with Gasteiger partial charge < -0.3 is 9.64 Å². The highest BCUT2D eigenvalue weighted by Crippen LogP contribution is 2.33. The summed E-state index contributed by atoms with van der Waals surface area (Å²) in [6.07, 6.45) is 0.993. The number of fused-ring (bicyclic) bond motifs is 2. The molecule has 27 heavy (non-hydrogen) atoms. The topological polar surface area (TPSA) is 45.7 Å². The predicted molar refractivity (Wildman–Crippen MR) is 106 cm³/mol. The highest BCUT2D eigenvalue weighted by Gasteiger charge is 2.39. The minimum Gasteiger partial charge on any atom is -0.431 e. The van der Waals surface area contributed by atoms with Crippen LogP contribution in [0.5, 0.6) is 10.9 Å². The first-order chi connectivity index (χ1) is 13.3. The van der Waals surface area contributed by atoms with Crippen molar-refractivity contribution in [1.82, 2.24) is 14.8 Å². The Morgan fingerprint density at radius 2 is 1.78 bits per heavy atom. The number of aromatic nitrogens is 1. The second-order valence-electron chi connectivity index (χ2n) is 7.47. The van der Waals surface area contributed by atoms with Crippen LogP contribution in [-0.2, 0) is 11.3 Å². The third-order valence-electron chi connectivity index (χ3n) is 5.55. The molecule has 2 aromatic carbocycles. The molecule has 138 valence electrons. The summed E-state index contributed by atoms with van der Waals surface area (Å²) in [6.45, 7) is 4.95. The number of thiazole rings is 1. The van der Waals surface area contributed by atoms with Crippen LogP contribution in [0, 0.1) is 11.8 Å². The first-order valence-electron chi connectivity index (χ1n) is 9.31. The molecule has 2 aliphatic rings. The molecule has 0 bridgehead atoms. The Kier molecular flexibility index (Phi) is 4.30. The second-order valence-corrected chi connectivity index (χ2v) is 8.46. The third-order valence-corrected chi connectivity index (χ3v) is 6.46. The number of ether oxygens (including phenoxy) is 1. The Bertz CT molecular complexity index is 908.